The van der Waals surface area contributed by atoms with Crippen molar-refractivity contribution < 1.29 is 9.53 Å². The summed E-state index contributed by atoms with van der Waals surface area (Å²) in [6, 6.07) is 12.6. The highest BCUT2D eigenvalue weighted by Crippen LogP contribution is 2.33. The Morgan fingerprint density at radius 2 is 1.33 bits per heavy atom. The van der Waals surface area contributed by atoms with Crippen LogP contribution in [0.25, 0.3) is 16.9 Å². The summed E-state index contributed by atoms with van der Waals surface area (Å²) in [5, 5.41) is 6.22. The summed E-state index contributed by atoms with van der Waals surface area (Å²) in [7, 11) is 0. The maximum Gasteiger partial charge on any atom is 0.359 e. The Kier molecular flexibility index (Phi) is 17.8. The third-order valence-corrected chi connectivity index (χ3v) is 9.00. The van der Waals surface area contributed by atoms with Crippen LogP contribution < -0.4 is 0 Å². The molecule has 0 spiro atoms. The molecule has 0 amide bonds. The molecule has 7 heteroatoms. The number of aromatic nitrogens is 2. The monoisotopic (exact) mass is 672 g/mol. The number of esters is 1. The number of halogens is 3. The zero-order valence-electron chi connectivity index (χ0n) is 27.3. The van der Waals surface area contributed by atoms with Gasteiger partial charge < -0.3 is 4.74 Å². The molecule has 3 aromatic rings. The number of benzene rings is 2. The number of unbranched alkanes of at least 4 members (excludes halogenated alkanes) is 11. The Morgan fingerprint density at radius 3 is 1.91 bits per heavy atom. The summed E-state index contributed by atoms with van der Waals surface area (Å²) in [6.45, 7) is 4.51. The van der Waals surface area contributed by atoms with Crippen LogP contribution in [0.3, 0.4) is 0 Å². The fraction of sp³-hybridized carbons (Fsp3) is 0.526. The number of hydrogen-bond acceptors (Lipinski definition) is 3. The summed E-state index contributed by atoms with van der Waals surface area (Å²) in [6.07, 6.45) is 26.6. The first-order valence-corrected chi connectivity index (χ1v) is 18.2. The van der Waals surface area contributed by atoms with Gasteiger partial charge in [-0.15, -0.1) is 0 Å². The summed E-state index contributed by atoms with van der Waals surface area (Å²) in [5.41, 5.74) is 3.23. The van der Waals surface area contributed by atoms with Gasteiger partial charge in [-0.3, -0.25) is 0 Å². The van der Waals surface area contributed by atoms with Gasteiger partial charge in [-0.25, -0.2) is 9.48 Å². The lowest BCUT2D eigenvalue weighted by atomic mass is 10.0. The maximum absolute atomic E-state index is 13.1. The Balaban J connectivity index is 0.00000127. The van der Waals surface area contributed by atoms with Crippen molar-refractivity contribution in [3.8, 4) is 16.9 Å². The van der Waals surface area contributed by atoms with Gasteiger partial charge in [0.25, 0.3) is 0 Å². The van der Waals surface area contributed by atoms with Crippen LogP contribution in [0, 0.1) is 6.92 Å². The molecule has 0 bridgehead atoms. The Labute approximate surface area is 286 Å². The van der Waals surface area contributed by atoms with Crippen LogP contribution in [-0.4, -0.2) is 22.4 Å². The lowest BCUT2D eigenvalue weighted by Crippen LogP contribution is -2.09. The average Bonchev–Trinajstić information content (AvgIpc) is 3.33. The average molecular weight is 674 g/mol. The van der Waals surface area contributed by atoms with E-state index < -0.39 is 5.97 Å². The minimum atomic E-state index is -0.432. The van der Waals surface area contributed by atoms with E-state index in [0.29, 0.717) is 32.9 Å². The van der Waals surface area contributed by atoms with Gasteiger partial charge in [-0.1, -0.05) is 143 Å². The van der Waals surface area contributed by atoms with E-state index in [-0.39, 0.29) is 5.69 Å². The van der Waals surface area contributed by atoms with Crippen LogP contribution in [0.15, 0.2) is 54.6 Å². The van der Waals surface area contributed by atoms with Crippen molar-refractivity contribution in [1.82, 2.24) is 9.78 Å². The minimum absolute atomic E-state index is 0.273. The number of allylic oxidation sites excluding steroid dienone is 2. The fourth-order valence-electron chi connectivity index (χ4n) is 5.12. The van der Waals surface area contributed by atoms with Gasteiger partial charge in [0, 0.05) is 21.2 Å². The normalized spacial score (nSPS) is 12.6. The van der Waals surface area contributed by atoms with Gasteiger partial charge in [-0.2, -0.15) is 5.10 Å². The molecule has 4 nitrogen and oxygen atoms in total. The van der Waals surface area contributed by atoms with E-state index in [1.807, 2.05) is 31.2 Å². The molecule has 1 aliphatic carbocycles. The van der Waals surface area contributed by atoms with Gasteiger partial charge in [0.1, 0.15) is 0 Å². The second-order valence-corrected chi connectivity index (χ2v) is 13.3. The molecule has 45 heavy (non-hydrogen) atoms. The second-order valence-electron chi connectivity index (χ2n) is 12.0. The molecular weight excluding hydrogens is 623 g/mol. The number of hydrogen-bond donors (Lipinski definition) is 0. The number of nitrogens with zero attached hydrogens (tertiary/aromatic N) is 2. The SMILES string of the molecule is C1CCC1.CCCCCCC/C=C/CCCCCCCCOC(=O)c1nn(-c2ccc(Cl)cc2Cl)c(-c2ccc(Cl)cc2)c1C. The molecule has 0 aliphatic heterocycles. The van der Waals surface area contributed by atoms with Crippen molar-refractivity contribution in [1.29, 1.82) is 0 Å². The van der Waals surface area contributed by atoms with Crippen LogP contribution in [0.5, 0.6) is 0 Å². The van der Waals surface area contributed by atoms with Crippen LogP contribution in [0.2, 0.25) is 15.1 Å². The Morgan fingerprint density at radius 1 is 0.778 bits per heavy atom. The van der Waals surface area contributed by atoms with Crippen molar-refractivity contribution in [3.05, 3.63) is 80.9 Å². The molecule has 246 valence electrons. The molecule has 2 aromatic carbocycles. The van der Waals surface area contributed by atoms with Gasteiger partial charge in [0.05, 0.1) is 23.0 Å². The lowest BCUT2D eigenvalue weighted by Gasteiger charge is -2.11. The smallest absolute Gasteiger partial charge is 0.359 e. The van der Waals surface area contributed by atoms with E-state index in [1.54, 1.807) is 22.9 Å². The largest absolute Gasteiger partial charge is 0.461 e. The van der Waals surface area contributed by atoms with Crippen molar-refractivity contribution in [2.24, 2.45) is 0 Å². The number of rotatable bonds is 18. The van der Waals surface area contributed by atoms with Crippen LogP contribution in [0.4, 0.5) is 0 Å². The first-order valence-electron chi connectivity index (χ1n) is 17.1. The predicted molar refractivity (Wildman–Crippen MR) is 192 cm³/mol. The van der Waals surface area contributed by atoms with E-state index in [4.69, 9.17) is 39.5 Å². The molecule has 4 rings (SSSR count). The lowest BCUT2D eigenvalue weighted by molar-refractivity contribution is 0.0489. The molecule has 0 atom stereocenters. The van der Waals surface area contributed by atoms with Crippen LogP contribution in [-0.2, 0) is 4.74 Å². The van der Waals surface area contributed by atoms with E-state index in [1.165, 1.54) is 89.9 Å². The zero-order chi connectivity index (χ0) is 32.3. The summed E-state index contributed by atoms with van der Waals surface area (Å²) >= 11 is 18.8. The summed E-state index contributed by atoms with van der Waals surface area (Å²) in [4.78, 5) is 13.1. The van der Waals surface area contributed by atoms with Gasteiger partial charge >= 0.3 is 5.97 Å². The summed E-state index contributed by atoms with van der Waals surface area (Å²) in [5.74, 6) is -0.432. The second kappa shape index (κ2) is 21.5. The Bertz CT molecular complexity index is 1310. The topological polar surface area (TPSA) is 44.1 Å². The third kappa shape index (κ3) is 13.2. The first kappa shape index (κ1) is 37.2. The molecule has 0 unspecified atom stereocenters. The van der Waals surface area contributed by atoms with Crippen LogP contribution in [0.1, 0.15) is 132 Å². The van der Waals surface area contributed by atoms with E-state index in [9.17, 15) is 4.79 Å². The van der Waals surface area contributed by atoms with Crippen LogP contribution >= 0.6 is 34.8 Å². The van der Waals surface area contributed by atoms with Gasteiger partial charge in [0.15, 0.2) is 5.69 Å². The highest BCUT2D eigenvalue weighted by molar-refractivity contribution is 6.35. The number of carbonyl (C=O) groups is 1. The first-order chi connectivity index (χ1) is 21.9. The maximum atomic E-state index is 13.1. The Hall–Kier alpha value is -2.27. The minimum Gasteiger partial charge on any atom is -0.461 e. The van der Waals surface area contributed by atoms with E-state index >= 15 is 0 Å². The molecular formula is C38H51Cl3N2O2. The highest BCUT2D eigenvalue weighted by atomic mass is 35.5. The summed E-state index contributed by atoms with van der Waals surface area (Å²) < 4.78 is 7.31. The van der Waals surface area contributed by atoms with Gasteiger partial charge in [0.2, 0.25) is 0 Å². The molecule has 1 heterocycles. The third-order valence-electron chi connectivity index (χ3n) is 8.21. The van der Waals surface area contributed by atoms with Crippen molar-refractivity contribution >= 4 is 40.8 Å². The van der Waals surface area contributed by atoms with Gasteiger partial charge in [-0.05, 0) is 69.4 Å². The highest BCUT2D eigenvalue weighted by Gasteiger charge is 2.24. The molecule has 0 radical (unpaired) electrons. The van der Waals surface area contributed by atoms with Crippen molar-refractivity contribution in [3.63, 3.8) is 0 Å². The fourth-order valence-corrected chi connectivity index (χ4v) is 5.73. The van der Waals surface area contributed by atoms with E-state index in [2.05, 4.69) is 24.2 Å². The molecule has 0 saturated heterocycles. The molecule has 0 N–H and O–H groups in total. The molecule has 1 aromatic heterocycles. The molecule has 1 fully saturated rings. The van der Waals surface area contributed by atoms with Crippen molar-refractivity contribution in [2.45, 2.75) is 123 Å². The zero-order valence-corrected chi connectivity index (χ0v) is 29.5. The van der Waals surface area contributed by atoms with E-state index in [0.717, 1.165) is 30.5 Å². The predicted octanol–water partition coefficient (Wildman–Crippen LogP) is 13.2. The standard InChI is InChI=1S/C34H43Cl3N2O2.C4H8/c1-3-4-5-6-7-8-9-10-11-12-13-14-15-16-17-24-41-34(40)32-26(2)33(27-18-20-28(35)21-19-27)39(38-32)31-23-22-29(36)25-30(31)37;1-2-4-3-1/h9-10,18-23,25H,3-8,11-17,24H2,1-2H3;1-4H2/b10-9+;. The number of carbonyl (C=O) groups excluding carboxylic acids is 1. The molecule has 1 saturated carbocycles. The molecule has 1 aliphatic rings. The quantitative estimate of drug-likeness (QED) is 0.0767. The van der Waals surface area contributed by atoms with Crippen molar-refractivity contribution in [2.75, 3.05) is 6.61 Å². The number of ether oxygens (including phenoxy) is 1.